The standard InChI is InChI=1S/C52H43N13O16S5/c1-17(40(53)69)54-41(70)25-14-85-49(59-25)35-30(67)8-21-34(61-35)24-12-83-47(56-24)23-11-81-51(75)37-22-10-79-39(38(68)52(76)80-9-20-6-5-7-29(31(20)22)65(37)77)36(50-60-26(15-86-50)42(71)55-23)64-44(73)28-16-84-48(58-28)33(19(3)78-4)63-45(74)32(18(2)66)62-43(72)27-13-82-46(21)57-27/h5-8,12-16,18,23,32,36,38-39,66-68,77H,1,9-11H2,2-4H3,(H2,53,69)(H,54,70)(H,55,71)(H,62,72)(H,63,74)(H,64,73). The molecule has 0 aliphatic carbocycles. The molecule has 0 spiro atoms. The van der Waals surface area contributed by atoms with Crippen LogP contribution < -0.4 is 32.3 Å². The Hall–Kier alpha value is -9.42. The predicted molar refractivity (Wildman–Crippen MR) is 304 cm³/mol. The average molecular weight is 1270 g/mol. The fourth-order valence-corrected chi connectivity index (χ4v) is 13.3. The number of rotatable bonds is 6. The zero-order chi connectivity index (χ0) is 61.0. The molecule has 12 bridgehead atoms. The molecule has 6 atom stereocenters. The van der Waals surface area contributed by atoms with Gasteiger partial charge in [-0.3, -0.25) is 28.8 Å². The monoisotopic (exact) mass is 1270 g/mol. The lowest BCUT2D eigenvalue weighted by Gasteiger charge is -2.30. The van der Waals surface area contributed by atoms with Crippen LogP contribution in [0.2, 0.25) is 0 Å². The molecule has 1 aromatic carbocycles. The lowest BCUT2D eigenvalue weighted by Crippen LogP contribution is -2.52. The number of esters is 2. The second kappa shape index (κ2) is 23.6. The lowest BCUT2D eigenvalue weighted by molar-refractivity contribution is -0.166. The maximum Gasteiger partial charge on any atom is 0.358 e. The number of nitrogens with two attached hydrogens (primary N) is 1. The van der Waals surface area contributed by atoms with Crippen LogP contribution in [0.15, 0.2) is 69.2 Å². The predicted octanol–water partition coefficient (Wildman–Crippen LogP) is 3.05. The van der Waals surface area contributed by atoms with Gasteiger partial charge in [0, 0.05) is 43.4 Å². The maximum absolute atomic E-state index is 14.6. The minimum Gasteiger partial charge on any atom is -0.506 e. The van der Waals surface area contributed by atoms with Gasteiger partial charge < -0.3 is 71.8 Å². The molecule has 3 aliphatic heterocycles. The number of aliphatic hydroxyl groups is 2. The van der Waals surface area contributed by atoms with Gasteiger partial charge in [0.1, 0.15) is 120 Å². The van der Waals surface area contributed by atoms with E-state index in [2.05, 4.69) is 53.1 Å². The summed E-state index contributed by atoms with van der Waals surface area (Å²) in [5, 5.41) is 66.3. The Morgan fingerprint density at radius 1 is 0.826 bits per heavy atom. The Morgan fingerprint density at radius 3 is 2.23 bits per heavy atom. The fraction of sp³-hybridized carbons (Fsp3) is 0.231. The first-order valence-corrected chi connectivity index (χ1v) is 29.5. The van der Waals surface area contributed by atoms with Crippen molar-refractivity contribution in [3.05, 3.63) is 124 Å². The summed E-state index contributed by atoms with van der Waals surface area (Å²) in [7, 11) is 1.29. The van der Waals surface area contributed by atoms with E-state index in [0.29, 0.717) is 10.3 Å². The second-order valence-corrected chi connectivity index (χ2v) is 23.3. The number of carbonyl (C=O) groups is 8. The highest BCUT2D eigenvalue weighted by molar-refractivity contribution is 7.14. The van der Waals surface area contributed by atoms with Gasteiger partial charge in [0.15, 0.2) is 11.8 Å². The number of amides is 6. The van der Waals surface area contributed by atoms with Crippen molar-refractivity contribution in [2.75, 3.05) is 13.7 Å². The number of primary amides is 1. The number of aromatic nitrogens is 7. The normalized spacial score (nSPS) is 20.2. The number of cyclic esters (lactones) is 2. The SMILES string of the molecule is C=C(NC(=O)c1csc(-c2nc3c(cc2O)-c2nc(cs2)C(=O)NC(C(C)O)C(=O)NC(=C(C)OC)c2nc(cs2)C(=O)NC2c4nc(cs4)C(=O)NC(COC(=O)c4c5c6c(cccc6n4O)COC(=O)C(O)C2OC5)c2nc-3cs2)n1)C(N)=O. The number of hydrogen-bond donors (Lipinski definition) is 10. The van der Waals surface area contributed by atoms with Gasteiger partial charge in [0.25, 0.3) is 29.5 Å². The van der Waals surface area contributed by atoms with Gasteiger partial charge in [-0.2, -0.15) is 4.73 Å². The third-order valence-electron chi connectivity index (χ3n) is 13.5. The van der Waals surface area contributed by atoms with Crippen molar-refractivity contribution in [1.29, 1.82) is 0 Å². The fourth-order valence-electron chi connectivity index (χ4n) is 9.07. The van der Waals surface area contributed by atoms with E-state index in [0.717, 1.165) is 56.7 Å². The minimum absolute atomic E-state index is 0.00373. The van der Waals surface area contributed by atoms with Crippen LogP contribution in [0.3, 0.4) is 0 Å². The van der Waals surface area contributed by atoms with Crippen molar-refractivity contribution in [3.63, 3.8) is 0 Å². The molecule has 0 fully saturated rings. The lowest BCUT2D eigenvalue weighted by atomic mass is 10.0. The van der Waals surface area contributed by atoms with E-state index in [1.807, 2.05) is 0 Å². The quantitative estimate of drug-likeness (QED) is 0.0495. The van der Waals surface area contributed by atoms with Crippen molar-refractivity contribution >= 4 is 121 Å². The van der Waals surface area contributed by atoms with E-state index in [-0.39, 0.29) is 98.4 Å². The maximum atomic E-state index is 14.6. The first-order valence-electron chi connectivity index (χ1n) is 25.1. The number of nitrogens with one attached hydrogen (secondary N) is 5. The smallest absolute Gasteiger partial charge is 0.358 e. The van der Waals surface area contributed by atoms with Gasteiger partial charge in [0.05, 0.1) is 31.0 Å². The first-order chi connectivity index (χ1) is 41.2. The Balaban J connectivity index is 1.09. The first kappa shape index (κ1) is 58.4. The number of carbonyl (C=O) groups excluding carboxylic acids is 8. The molecule has 11 N–H and O–H groups in total. The number of pyridine rings is 1. The minimum atomic E-state index is -2.20. The summed E-state index contributed by atoms with van der Waals surface area (Å²) in [5.74, 6) is -8.39. The average Bonchev–Trinajstić information content (AvgIpc) is 1.82. The van der Waals surface area contributed by atoms with Crippen molar-refractivity contribution in [3.8, 4) is 38.4 Å². The van der Waals surface area contributed by atoms with E-state index in [9.17, 15) is 58.9 Å². The van der Waals surface area contributed by atoms with Crippen LogP contribution in [0.5, 0.6) is 5.75 Å². The number of ether oxygens (including phenoxy) is 4. The largest absolute Gasteiger partial charge is 0.506 e. The number of hydrogen-bond acceptors (Lipinski definition) is 27. The third-order valence-corrected chi connectivity index (χ3v) is 17.9. The van der Waals surface area contributed by atoms with Crippen LogP contribution >= 0.6 is 56.7 Å². The Labute approximate surface area is 502 Å². The molecule has 34 heteroatoms. The zero-order valence-electron chi connectivity index (χ0n) is 44.4. The second-order valence-electron chi connectivity index (χ2n) is 19.0. The van der Waals surface area contributed by atoms with E-state index < -0.39 is 121 Å². The molecular weight excluding hydrogens is 1220 g/mol. The summed E-state index contributed by atoms with van der Waals surface area (Å²) in [6, 6.07) is 1.18. The molecule has 442 valence electrons. The van der Waals surface area contributed by atoms with Crippen molar-refractivity contribution in [1.82, 2.24) is 61.2 Å². The van der Waals surface area contributed by atoms with Crippen LogP contribution in [0, 0.1) is 0 Å². The molecule has 0 radical (unpaired) electrons. The molecule has 10 heterocycles. The van der Waals surface area contributed by atoms with Gasteiger partial charge in [-0.05, 0) is 31.5 Å². The third kappa shape index (κ3) is 11.1. The zero-order valence-corrected chi connectivity index (χ0v) is 48.5. The molecule has 86 heavy (non-hydrogen) atoms. The van der Waals surface area contributed by atoms with Crippen molar-refractivity contribution in [2.24, 2.45) is 5.73 Å². The van der Waals surface area contributed by atoms with E-state index >= 15 is 0 Å². The van der Waals surface area contributed by atoms with Crippen molar-refractivity contribution < 1.29 is 77.8 Å². The van der Waals surface area contributed by atoms with Crippen LogP contribution in [-0.4, -0.2) is 141 Å². The van der Waals surface area contributed by atoms with E-state index in [1.54, 1.807) is 6.07 Å². The summed E-state index contributed by atoms with van der Waals surface area (Å²) < 4.78 is 24.0. The molecular formula is C52H43N13O16S5. The summed E-state index contributed by atoms with van der Waals surface area (Å²) in [6.45, 7) is 4.37. The highest BCUT2D eigenvalue weighted by Gasteiger charge is 2.42. The van der Waals surface area contributed by atoms with Crippen LogP contribution in [0.4, 0.5) is 0 Å². The van der Waals surface area contributed by atoms with Gasteiger partial charge >= 0.3 is 11.9 Å². The highest BCUT2D eigenvalue weighted by atomic mass is 32.1. The Kier molecular flexibility index (Phi) is 16.0. The number of fused-ring (bicyclic) bond motifs is 15. The van der Waals surface area contributed by atoms with E-state index in [1.165, 1.54) is 66.1 Å². The van der Waals surface area contributed by atoms with Crippen LogP contribution in [0.25, 0.3) is 49.3 Å². The summed E-state index contributed by atoms with van der Waals surface area (Å²) in [4.78, 5) is 138. The summed E-state index contributed by atoms with van der Waals surface area (Å²) in [5.41, 5.74) is 3.51. The molecule has 8 aromatic rings. The van der Waals surface area contributed by atoms with Crippen LogP contribution in [0.1, 0.15) is 105 Å². The molecule has 11 rings (SSSR count). The molecule has 6 amide bonds. The summed E-state index contributed by atoms with van der Waals surface area (Å²) in [6.07, 6.45) is -5.56. The number of benzene rings is 1. The Morgan fingerprint density at radius 2 is 1.49 bits per heavy atom. The summed E-state index contributed by atoms with van der Waals surface area (Å²) >= 11 is 4.42. The van der Waals surface area contributed by atoms with Gasteiger partial charge in [0.2, 0.25) is 5.91 Å². The number of aliphatic hydroxyl groups excluding tert-OH is 2. The number of allylic oxidation sites excluding steroid dienone is 1. The number of methoxy groups -OCH3 is 1. The molecule has 7 aromatic heterocycles. The molecule has 6 unspecified atom stereocenters. The van der Waals surface area contributed by atoms with E-state index in [4.69, 9.17) is 34.6 Å². The topological polar surface area (TPSA) is 423 Å². The van der Waals surface area contributed by atoms with Gasteiger partial charge in [-0.1, -0.05) is 18.7 Å². The van der Waals surface area contributed by atoms with Crippen LogP contribution in [-0.2, 0) is 46.5 Å². The molecule has 0 saturated heterocycles. The van der Waals surface area contributed by atoms with Gasteiger partial charge in [-0.15, -0.1) is 56.7 Å². The van der Waals surface area contributed by atoms with Gasteiger partial charge in [-0.25, -0.2) is 39.5 Å². The number of thiazole rings is 5. The molecule has 0 saturated carbocycles. The Bertz CT molecular complexity index is 4200. The number of aromatic hydroxyl groups is 1. The number of nitrogens with zero attached hydrogens (tertiary/aromatic N) is 7. The molecule has 3 aliphatic rings. The highest BCUT2D eigenvalue weighted by Crippen LogP contribution is 2.42. The van der Waals surface area contributed by atoms with Crippen molar-refractivity contribution in [2.45, 2.75) is 63.5 Å². The molecule has 29 nitrogen and oxygen atoms in total.